The zero-order valence-electron chi connectivity index (χ0n) is 17.0. The van der Waals surface area contributed by atoms with Crippen molar-refractivity contribution in [2.45, 2.75) is 18.2 Å². The zero-order valence-corrected chi connectivity index (χ0v) is 22.1. The highest BCUT2D eigenvalue weighted by Gasteiger charge is 2.15. The summed E-state index contributed by atoms with van der Waals surface area (Å²) in [5.41, 5.74) is 2.26. The third kappa shape index (κ3) is 9.47. The Kier molecular flexibility index (Phi) is 10.8. The fourth-order valence-corrected chi connectivity index (χ4v) is 5.28. The van der Waals surface area contributed by atoms with Crippen LogP contribution in [0.1, 0.15) is 11.1 Å². The van der Waals surface area contributed by atoms with Crippen molar-refractivity contribution in [1.82, 2.24) is 0 Å². The van der Waals surface area contributed by atoms with Gasteiger partial charge in [-0.2, -0.15) is 0 Å². The lowest BCUT2D eigenvalue weighted by Crippen LogP contribution is -2.43. The number of methoxy groups -OCH3 is 1. The number of ether oxygens (including phenoxy) is 1. The Labute approximate surface area is 200 Å². The summed E-state index contributed by atoms with van der Waals surface area (Å²) in [5, 5.41) is 9.02. The van der Waals surface area contributed by atoms with Crippen LogP contribution in [0.15, 0.2) is 41.3 Å². The number of hydrogen-bond acceptors (Lipinski definition) is 5. The quantitative estimate of drug-likeness (QED) is 0.283. The van der Waals surface area contributed by atoms with Crippen molar-refractivity contribution in [2.24, 2.45) is 0 Å². The van der Waals surface area contributed by atoms with Crippen LogP contribution in [0.3, 0.4) is 0 Å². The summed E-state index contributed by atoms with van der Waals surface area (Å²) in [6.07, 6.45) is 1.02. The predicted molar refractivity (Wildman–Crippen MR) is 130 cm³/mol. The van der Waals surface area contributed by atoms with E-state index in [0.717, 1.165) is 42.4 Å². The molecule has 0 heterocycles. The molecule has 0 aliphatic heterocycles. The molecule has 0 fully saturated rings. The number of rotatable bonds is 7. The standard InChI is InChI=1S/C13H20I2NO2.C7H8O3S/c1-16(2,6-7-17)5-4-10-8-11(14)13(18-3)12(15)9-10;1-6-2-4-7(5-3-6)11(8,9)10/h8-9,17H,4-7H2,1-3H3;2-5H,1H3,(H,8,9,10)/q+1;/p-1. The van der Waals surface area contributed by atoms with Crippen molar-refractivity contribution in [3.05, 3.63) is 54.7 Å². The molecule has 0 unspecified atom stereocenters. The van der Waals surface area contributed by atoms with Gasteiger partial charge in [0.2, 0.25) is 0 Å². The lowest BCUT2D eigenvalue weighted by molar-refractivity contribution is -0.890. The summed E-state index contributed by atoms with van der Waals surface area (Å²) in [6.45, 7) is 3.88. The molecular weight excluding hydrogens is 620 g/mol. The van der Waals surface area contributed by atoms with Crippen LogP contribution in [0.25, 0.3) is 0 Å². The van der Waals surface area contributed by atoms with E-state index in [1.807, 2.05) is 6.92 Å². The largest absolute Gasteiger partial charge is 0.744 e. The highest BCUT2D eigenvalue weighted by molar-refractivity contribution is 14.1. The Morgan fingerprint density at radius 3 is 2.00 bits per heavy atom. The Morgan fingerprint density at radius 2 is 1.59 bits per heavy atom. The fourth-order valence-electron chi connectivity index (χ4n) is 2.47. The number of hydrogen-bond donors (Lipinski definition) is 1. The number of benzene rings is 2. The van der Waals surface area contributed by atoms with Crippen LogP contribution in [-0.4, -0.2) is 63.5 Å². The Morgan fingerprint density at radius 1 is 1.07 bits per heavy atom. The molecular formula is C20H27I2NO5S. The zero-order chi connectivity index (χ0) is 22.2. The van der Waals surface area contributed by atoms with E-state index in [4.69, 9.17) is 9.84 Å². The second-order valence-electron chi connectivity index (χ2n) is 7.22. The van der Waals surface area contributed by atoms with Crippen LogP contribution < -0.4 is 4.74 Å². The van der Waals surface area contributed by atoms with E-state index in [1.54, 1.807) is 19.2 Å². The van der Waals surface area contributed by atoms with Gasteiger partial charge in [0, 0.05) is 6.42 Å². The van der Waals surface area contributed by atoms with Crippen molar-refractivity contribution in [3.63, 3.8) is 0 Å². The molecule has 0 atom stereocenters. The molecule has 0 saturated heterocycles. The van der Waals surface area contributed by atoms with Crippen molar-refractivity contribution in [2.75, 3.05) is 40.9 Å². The average molecular weight is 647 g/mol. The molecule has 9 heteroatoms. The molecule has 2 aromatic rings. The maximum Gasteiger partial charge on any atom is 0.145 e. The van der Waals surface area contributed by atoms with Crippen molar-refractivity contribution in [1.29, 1.82) is 0 Å². The van der Waals surface area contributed by atoms with Crippen molar-refractivity contribution < 1.29 is 27.3 Å². The van der Waals surface area contributed by atoms with Gasteiger partial charge >= 0.3 is 0 Å². The fraction of sp³-hybridized carbons (Fsp3) is 0.400. The molecule has 0 aliphatic carbocycles. The van der Waals surface area contributed by atoms with Gasteiger partial charge in [-0.3, -0.25) is 0 Å². The minimum atomic E-state index is -4.27. The van der Waals surface area contributed by atoms with E-state index < -0.39 is 10.1 Å². The first-order chi connectivity index (χ1) is 13.4. The van der Waals surface area contributed by atoms with E-state index in [2.05, 4.69) is 71.4 Å². The van der Waals surface area contributed by atoms with Gasteiger partial charge in [-0.1, -0.05) is 17.7 Å². The molecule has 1 N–H and O–H groups in total. The summed E-state index contributed by atoms with van der Waals surface area (Å²) in [7, 11) is 1.74. The lowest BCUT2D eigenvalue weighted by atomic mass is 10.1. The monoisotopic (exact) mass is 647 g/mol. The van der Waals surface area contributed by atoms with Gasteiger partial charge in [0.25, 0.3) is 0 Å². The van der Waals surface area contributed by atoms with Gasteiger partial charge in [0.15, 0.2) is 0 Å². The van der Waals surface area contributed by atoms with E-state index in [9.17, 15) is 13.0 Å². The van der Waals surface area contributed by atoms with E-state index in [1.165, 1.54) is 17.7 Å². The molecule has 2 aromatic carbocycles. The van der Waals surface area contributed by atoms with Gasteiger partial charge in [-0.05, 0) is 81.9 Å². The Balaban J connectivity index is 0.000000326. The van der Waals surface area contributed by atoms with Gasteiger partial charge in [-0.25, -0.2) is 8.42 Å². The Hall–Kier alpha value is -0.470. The summed E-state index contributed by atoms with van der Waals surface area (Å²) in [4.78, 5) is -0.178. The van der Waals surface area contributed by atoms with E-state index in [0.29, 0.717) is 0 Å². The minimum absolute atomic E-state index is 0.178. The first-order valence-electron chi connectivity index (χ1n) is 8.87. The molecule has 0 amide bonds. The number of aryl methyl sites for hydroxylation is 1. The Bertz CT molecular complexity index is 877. The number of aliphatic hydroxyl groups excluding tert-OH is 1. The number of nitrogens with zero attached hydrogens (tertiary/aromatic N) is 1. The summed E-state index contributed by atoms with van der Waals surface area (Å²) in [5.74, 6) is 0.962. The molecule has 6 nitrogen and oxygen atoms in total. The second-order valence-corrected chi connectivity index (χ2v) is 10.9. The third-order valence-electron chi connectivity index (χ3n) is 4.28. The van der Waals surface area contributed by atoms with Crippen LogP contribution in [0.4, 0.5) is 0 Å². The third-order valence-corrected chi connectivity index (χ3v) is 6.74. The van der Waals surface area contributed by atoms with Crippen molar-refractivity contribution >= 4 is 55.3 Å². The molecule has 0 bridgehead atoms. The maximum atomic E-state index is 10.4. The van der Waals surface area contributed by atoms with Gasteiger partial charge < -0.3 is 18.9 Å². The second kappa shape index (κ2) is 11.8. The number of aliphatic hydroxyl groups is 1. The highest BCUT2D eigenvalue weighted by atomic mass is 127. The van der Waals surface area contributed by atoms with Crippen LogP contribution in [-0.2, 0) is 16.5 Å². The van der Waals surface area contributed by atoms with Crippen LogP contribution in [0.5, 0.6) is 5.75 Å². The smallest absolute Gasteiger partial charge is 0.145 e. The molecule has 2 rings (SSSR count). The number of quaternary nitrogens is 1. The van der Waals surface area contributed by atoms with Crippen LogP contribution in [0, 0.1) is 14.1 Å². The summed E-state index contributed by atoms with van der Waals surface area (Å²) >= 11 is 4.63. The number of likely N-dealkylation sites (N-methyl/N-ethyl adjacent to an activating group) is 1. The number of halogens is 2. The average Bonchev–Trinajstić information content (AvgIpc) is 2.60. The van der Waals surface area contributed by atoms with Crippen LogP contribution in [0.2, 0.25) is 0 Å². The van der Waals surface area contributed by atoms with E-state index >= 15 is 0 Å². The van der Waals surface area contributed by atoms with Crippen LogP contribution >= 0.6 is 45.2 Å². The first kappa shape index (κ1) is 26.6. The predicted octanol–water partition coefficient (Wildman–Crippen LogP) is 3.41. The van der Waals surface area contributed by atoms with Gasteiger partial charge in [0.1, 0.15) is 22.4 Å². The molecule has 0 saturated carbocycles. The van der Waals surface area contributed by atoms with Gasteiger partial charge in [-0.15, -0.1) is 0 Å². The first-order valence-corrected chi connectivity index (χ1v) is 12.4. The van der Waals surface area contributed by atoms with E-state index in [-0.39, 0.29) is 11.5 Å². The molecule has 0 aliphatic rings. The molecule has 29 heavy (non-hydrogen) atoms. The topological polar surface area (TPSA) is 86.7 Å². The summed E-state index contributed by atoms with van der Waals surface area (Å²) in [6, 6.07) is 10.1. The maximum absolute atomic E-state index is 10.4. The SMILES string of the molecule is COc1c(I)cc(CC[N+](C)(C)CCO)cc1I.Cc1ccc(S(=O)(=O)[O-])cc1. The lowest BCUT2D eigenvalue weighted by Gasteiger charge is -2.29. The molecule has 0 radical (unpaired) electrons. The van der Waals surface area contributed by atoms with Crippen molar-refractivity contribution in [3.8, 4) is 5.75 Å². The molecule has 0 aromatic heterocycles. The molecule has 162 valence electrons. The minimum Gasteiger partial charge on any atom is -0.744 e. The molecule has 0 spiro atoms. The highest BCUT2D eigenvalue weighted by Crippen LogP contribution is 2.28. The van der Waals surface area contributed by atoms with Gasteiger partial charge in [0.05, 0.1) is 46.4 Å². The normalized spacial score (nSPS) is 11.6. The summed E-state index contributed by atoms with van der Waals surface area (Å²) < 4.78 is 39.7.